The monoisotopic (exact) mass is 240 g/mol. The van der Waals surface area contributed by atoms with E-state index in [1.54, 1.807) is 6.08 Å². The standard InChI is InChI=1S/C10H10.C8H14/c1-2-3-7-10-8-5-4-6-9-10;1-5-7(3)8(4)6-2/h2-9H,1H2;5H,1,6H2,2-4H3. The summed E-state index contributed by atoms with van der Waals surface area (Å²) < 4.78 is 0. The Morgan fingerprint density at radius 1 is 1.11 bits per heavy atom. The second-order valence-electron chi connectivity index (χ2n) is 4.03. The maximum absolute atomic E-state index is 3.67. The fourth-order valence-electron chi connectivity index (χ4n) is 1.20. The molecule has 0 spiro atoms. The molecule has 0 bridgehead atoms. The summed E-state index contributed by atoms with van der Waals surface area (Å²) >= 11 is 0. The van der Waals surface area contributed by atoms with Crippen LogP contribution in [0, 0.1) is 0 Å². The van der Waals surface area contributed by atoms with Gasteiger partial charge in [0.2, 0.25) is 0 Å². The fourth-order valence-corrected chi connectivity index (χ4v) is 1.20. The van der Waals surface area contributed by atoms with Crippen molar-refractivity contribution in [3.05, 3.63) is 78.4 Å². The first-order valence-corrected chi connectivity index (χ1v) is 6.28. The van der Waals surface area contributed by atoms with Gasteiger partial charge in [0.1, 0.15) is 0 Å². The minimum absolute atomic E-state index is 1.14. The van der Waals surface area contributed by atoms with Gasteiger partial charge in [-0.05, 0) is 25.8 Å². The van der Waals surface area contributed by atoms with E-state index in [1.165, 1.54) is 16.7 Å². The molecule has 0 heterocycles. The van der Waals surface area contributed by atoms with Crippen LogP contribution in [0.3, 0.4) is 0 Å². The maximum Gasteiger partial charge on any atom is -0.0257 e. The molecule has 0 amide bonds. The minimum atomic E-state index is 1.14. The first-order chi connectivity index (χ1) is 8.65. The van der Waals surface area contributed by atoms with Gasteiger partial charge in [0, 0.05) is 0 Å². The van der Waals surface area contributed by atoms with Crippen molar-refractivity contribution in [1.82, 2.24) is 0 Å². The molecular weight excluding hydrogens is 216 g/mol. The average molecular weight is 240 g/mol. The summed E-state index contributed by atoms with van der Waals surface area (Å²) in [6.07, 6.45) is 8.76. The second kappa shape index (κ2) is 10.3. The summed E-state index contributed by atoms with van der Waals surface area (Å²) in [5.74, 6) is 0. The summed E-state index contributed by atoms with van der Waals surface area (Å²) in [6, 6.07) is 10.1. The molecule has 0 aliphatic carbocycles. The van der Waals surface area contributed by atoms with Gasteiger partial charge in [-0.2, -0.15) is 0 Å². The predicted molar refractivity (Wildman–Crippen MR) is 84.5 cm³/mol. The topological polar surface area (TPSA) is 0 Å². The van der Waals surface area contributed by atoms with Crippen LogP contribution in [0.4, 0.5) is 0 Å². The lowest BCUT2D eigenvalue weighted by Crippen LogP contribution is -1.75. The Balaban J connectivity index is 0.000000331. The number of hydrogen-bond acceptors (Lipinski definition) is 0. The molecule has 0 atom stereocenters. The van der Waals surface area contributed by atoms with Crippen LogP contribution >= 0.6 is 0 Å². The molecule has 0 unspecified atom stereocenters. The zero-order valence-electron chi connectivity index (χ0n) is 11.8. The summed E-state index contributed by atoms with van der Waals surface area (Å²) in [5, 5.41) is 0. The van der Waals surface area contributed by atoms with Gasteiger partial charge in [-0.3, -0.25) is 0 Å². The lowest BCUT2D eigenvalue weighted by Gasteiger charge is -1.96. The van der Waals surface area contributed by atoms with Crippen molar-refractivity contribution in [1.29, 1.82) is 0 Å². The molecule has 0 fully saturated rings. The molecule has 96 valence electrons. The van der Waals surface area contributed by atoms with Gasteiger partial charge in [0.25, 0.3) is 0 Å². The lowest BCUT2D eigenvalue weighted by atomic mass is 10.1. The number of rotatable bonds is 4. The van der Waals surface area contributed by atoms with E-state index >= 15 is 0 Å². The predicted octanol–water partition coefficient (Wildman–Crippen LogP) is 5.80. The van der Waals surface area contributed by atoms with E-state index in [-0.39, 0.29) is 0 Å². The van der Waals surface area contributed by atoms with Gasteiger partial charge >= 0.3 is 0 Å². The van der Waals surface area contributed by atoms with E-state index in [4.69, 9.17) is 0 Å². The van der Waals surface area contributed by atoms with Crippen LogP contribution in [0.2, 0.25) is 0 Å². The highest BCUT2D eigenvalue weighted by Crippen LogP contribution is 2.06. The van der Waals surface area contributed by atoms with Gasteiger partial charge in [-0.1, -0.05) is 85.9 Å². The summed E-state index contributed by atoms with van der Waals surface area (Å²) in [4.78, 5) is 0. The van der Waals surface area contributed by atoms with E-state index in [9.17, 15) is 0 Å². The third-order valence-electron chi connectivity index (χ3n) is 2.73. The molecule has 1 aromatic carbocycles. The van der Waals surface area contributed by atoms with Gasteiger partial charge in [-0.15, -0.1) is 0 Å². The van der Waals surface area contributed by atoms with Crippen molar-refractivity contribution >= 4 is 6.08 Å². The third-order valence-corrected chi connectivity index (χ3v) is 2.73. The highest BCUT2D eigenvalue weighted by atomic mass is 13.9. The van der Waals surface area contributed by atoms with Crippen molar-refractivity contribution in [3.8, 4) is 0 Å². The van der Waals surface area contributed by atoms with Gasteiger partial charge in [0.15, 0.2) is 0 Å². The van der Waals surface area contributed by atoms with Crippen LogP contribution < -0.4 is 0 Å². The molecule has 0 aromatic heterocycles. The van der Waals surface area contributed by atoms with E-state index in [0.29, 0.717) is 0 Å². The molecule has 0 N–H and O–H groups in total. The fraction of sp³-hybridized carbons (Fsp3) is 0.222. The van der Waals surface area contributed by atoms with Crippen molar-refractivity contribution in [2.75, 3.05) is 0 Å². The molecule has 18 heavy (non-hydrogen) atoms. The zero-order valence-corrected chi connectivity index (χ0v) is 11.8. The summed E-state index contributed by atoms with van der Waals surface area (Å²) in [7, 11) is 0. The Morgan fingerprint density at radius 2 is 1.72 bits per heavy atom. The van der Waals surface area contributed by atoms with E-state index in [2.05, 4.69) is 46.1 Å². The van der Waals surface area contributed by atoms with Crippen molar-refractivity contribution in [2.24, 2.45) is 0 Å². The maximum atomic E-state index is 3.67. The molecule has 1 aromatic rings. The Labute approximate surface area is 112 Å². The van der Waals surface area contributed by atoms with Gasteiger partial charge < -0.3 is 0 Å². The largest absolute Gasteiger partial charge is 0.0991 e. The molecule has 1 rings (SSSR count). The van der Waals surface area contributed by atoms with Gasteiger partial charge in [-0.25, -0.2) is 0 Å². The van der Waals surface area contributed by atoms with Crippen molar-refractivity contribution in [2.45, 2.75) is 27.2 Å². The SMILES string of the molecule is C=CC(C)=C(C)CC.C=CC=Cc1ccccc1. The number of hydrogen-bond donors (Lipinski definition) is 0. The van der Waals surface area contributed by atoms with E-state index in [1.807, 2.05) is 36.4 Å². The second-order valence-corrected chi connectivity index (χ2v) is 4.03. The first kappa shape index (κ1) is 16.2. The third kappa shape index (κ3) is 7.45. The molecule has 0 heteroatoms. The van der Waals surface area contributed by atoms with E-state index < -0.39 is 0 Å². The molecular formula is C18H24. The van der Waals surface area contributed by atoms with Crippen molar-refractivity contribution < 1.29 is 0 Å². The Kier molecular flexibility index (Phi) is 9.30. The van der Waals surface area contributed by atoms with Crippen LogP contribution in [0.1, 0.15) is 32.8 Å². The zero-order chi connectivity index (χ0) is 13.8. The van der Waals surface area contributed by atoms with Crippen LogP contribution in [-0.4, -0.2) is 0 Å². The molecule has 0 aliphatic heterocycles. The molecule has 0 nitrogen and oxygen atoms in total. The Bertz CT molecular complexity index is 405. The lowest BCUT2D eigenvalue weighted by molar-refractivity contribution is 1.07. The highest BCUT2D eigenvalue weighted by molar-refractivity contribution is 5.50. The number of benzene rings is 1. The quantitative estimate of drug-likeness (QED) is 0.583. The molecule has 0 saturated carbocycles. The van der Waals surface area contributed by atoms with Crippen LogP contribution in [-0.2, 0) is 0 Å². The minimum Gasteiger partial charge on any atom is -0.0991 e. The Morgan fingerprint density at radius 3 is 2.11 bits per heavy atom. The molecule has 0 radical (unpaired) electrons. The number of allylic oxidation sites excluding steroid dienone is 5. The van der Waals surface area contributed by atoms with Crippen LogP contribution in [0.15, 0.2) is 72.9 Å². The molecule has 0 aliphatic rings. The van der Waals surface area contributed by atoms with Crippen molar-refractivity contribution in [3.63, 3.8) is 0 Å². The van der Waals surface area contributed by atoms with Crippen LogP contribution in [0.25, 0.3) is 6.08 Å². The van der Waals surface area contributed by atoms with Gasteiger partial charge in [0.05, 0.1) is 0 Å². The smallest absolute Gasteiger partial charge is 0.0257 e. The average Bonchev–Trinajstić information content (AvgIpc) is 2.45. The Hall–Kier alpha value is -1.82. The van der Waals surface area contributed by atoms with Crippen LogP contribution in [0.5, 0.6) is 0 Å². The molecule has 0 saturated heterocycles. The highest BCUT2D eigenvalue weighted by Gasteiger charge is 1.85. The normalized spacial score (nSPS) is 11.3. The van der Waals surface area contributed by atoms with E-state index in [0.717, 1.165) is 6.42 Å². The first-order valence-electron chi connectivity index (χ1n) is 6.28. The summed E-state index contributed by atoms with van der Waals surface area (Å²) in [6.45, 7) is 13.6. The summed E-state index contributed by atoms with van der Waals surface area (Å²) in [5.41, 5.74) is 3.95.